The van der Waals surface area contributed by atoms with Crippen LogP contribution in [0.1, 0.15) is 47.5 Å². The van der Waals surface area contributed by atoms with Crippen molar-refractivity contribution in [1.29, 1.82) is 0 Å². The van der Waals surface area contributed by atoms with E-state index in [4.69, 9.17) is 4.74 Å². The summed E-state index contributed by atoms with van der Waals surface area (Å²) < 4.78 is 5.32. The molecule has 0 rings (SSSR count). The van der Waals surface area contributed by atoms with E-state index < -0.39 is 29.4 Å². The zero-order chi connectivity index (χ0) is 15.2. The third-order valence-corrected chi connectivity index (χ3v) is 2.66. The number of carboxylic acids is 1. The molecule has 0 aliphatic rings. The molecule has 0 fully saturated rings. The van der Waals surface area contributed by atoms with Gasteiger partial charge in [-0.2, -0.15) is 0 Å². The van der Waals surface area contributed by atoms with Crippen molar-refractivity contribution in [3.8, 4) is 0 Å². The average Bonchev–Trinajstić information content (AvgIpc) is 2.19. The largest absolute Gasteiger partial charge is 0.481 e. The Morgan fingerprint density at radius 3 is 2.11 bits per heavy atom. The fourth-order valence-corrected chi connectivity index (χ4v) is 1.93. The molecule has 19 heavy (non-hydrogen) atoms. The van der Waals surface area contributed by atoms with Crippen LogP contribution in [0.2, 0.25) is 0 Å². The lowest BCUT2D eigenvalue weighted by molar-refractivity contribution is -0.167. The van der Waals surface area contributed by atoms with Crippen LogP contribution in [0.5, 0.6) is 0 Å². The van der Waals surface area contributed by atoms with Gasteiger partial charge >= 0.3 is 11.9 Å². The lowest BCUT2D eigenvalue weighted by Crippen LogP contribution is -2.36. The van der Waals surface area contributed by atoms with Gasteiger partial charge in [-0.1, -0.05) is 19.9 Å². The van der Waals surface area contributed by atoms with Crippen LogP contribution in [-0.2, 0) is 14.3 Å². The first kappa shape index (κ1) is 17.7. The van der Waals surface area contributed by atoms with Crippen molar-refractivity contribution >= 4 is 11.9 Å². The van der Waals surface area contributed by atoms with E-state index in [1.165, 1.54) is 0 Å². The molecule has 4 heteroatoms. The average molecular weight is 270 g/mol. The Morgan fingerprint density at radius 2 is 1.79 bits per heavy atom. The van der Waals surface area contributed by atoms with E-state index in [1.54, 1.807) is 26.8 Å². The fraction of sp³-hybridized carbons (Fsp3) is 0.733. The predicted molar refractivity (Wildman–Crippen MR) is 74.7 cm³/mol. The van der Waals surface area contributed by atoms with Crippen LogP contribution in [0.25, 0.3) is 0 Å². The van der Waals surface area contributed by atoms with Gasteiger partial charge in [0.25, 0.3) is 0 Å². The molecule has 0 radical (unpaired) electrons. The Balaban J connectivity index is 5.07. The number of rotatable bonds is 7. The zero-order valence-corrected chi connectivity index (χ0v) is 12.6. The Bertz CT molecular complexity index is 326. The third-order valence-electron chi connectivity index (χ3n) is 2.66. The molecule has 0 amide bonds. The number of carbonyl (C=O) groups is 2. The molecule has 0 aromatic heterocycles. The van der Waals surface area contributed by atoms with E-state index in [0.29, 0.717) is 12.8 Å². The van der Waals surface area contributed by atoms with E-state index in [-0.39, 0.29) is 5.92 Å². The normalized spacial score (nSPS) is 14.8. The Kier molecular flexibility index (Phi) is 6.81. The maximum absolute atomic E-state index is 12.1. The summed E-state index contributed by atoms with van der Waals surface area (Å²) in [5.41, 5.74) is -0.614. The van der Waals surface area contributed by atoms with Crippen LogP contribution in [-0.4, -0.2) is 22.6 Å². The summed E-state index contributed by atoms with van der Waals surface area (Å²) in [5, 5.41) is 9.32. The molecule has 0 aromatic carbocycles. The molecule has 0 aliphatic heterocycles. The molecule has 1 N–H and O–H groups in total. The molecule has 0 heterocycles. The van der Waals surface area contributed by atoms with E-state index in [1.807, 2.05) is 13.8 Å². The van der Waals surface area contributed by atoms with Crippen LogP contribution in [0.3, 0.4) is 0 Å². The highest BCUT2D eigenvalue weighted by atomic mass is 16.6. The van der Waals surface area contributed by atoms with Gasteiger partial charge in [0.15, 0.2) is 0 Å². The minimum absolute atomic E-state index is 0.204. The molecule has 2 unspecified atom stereocenters. The minimum atomic E-state index is -0.952. The van der Waals surface area contributed by atoms with Gasteiger partial charge < -0.3 is 9.84 Å². The molecule has 0 saturated heterocycles. The van der Waals surface area contributed by atoms with Crippen molar-refractivity contribution in [2.24, 2.45) is 17.8 Å². The van der Waals surface area contributed by atoms with Gasteiger partial charge in [0, 0.05) is 0 Å². The molecular formula is C15H26O4. The number of carbonyl (C=O) groups excluding carboxylic acids is 1. The van der Waals surface area contributed by atoms with Crippen LogP contribution in [0.4, 0.5) is 0 Å². The van der Waals surface area contributed by atoms with Crippen molar-refractivity contribution in [3.63, 3.8) is 0 Å². The monoisotopic (exact) mass is 270 g/mol. The van der Waals surface area contributed by atoms with Crippen molar-refractivity contribution in [3.05, 3.63) is 12.7 Å². The molecule has 0 aromatic rings. The topological polar surface area (TPSA) is 63.6 Å². The molecule has 0 spiro atoms. The van der Waals surface area contributed by atoms with Crippen molar-refractivity contribution in [2.75, 3.05) is 0 Å². The number of carboxylic acid groups (broad SMARTS) is 1. The smallest absolute Gasteiger partial charge is 0.310 e. The number of hydrogen-bond acceptors (Lipinski definition) is 3. The second-order valence-electron chi connectivity index (χ2n) is 6.24. The second kappa shape index (κ2) is 7.31. The molecule has 110 valence electrons. The summed E-state index contributed by atoms with van der Waals surface area (Å²) in [6, 6.07) is 0. The number of hydrogen-bond donors (Lipinski definition) is 1. The van der Waals surface area contributed by atoms with Crippen molar-refractivity contribution in [1.82, 2.24) is 0 Å². The SMILES string of the molecule is C=CCC(C(=O)OC(C)(C)C)C(CC(C)C)C(=O)O. The van der Waals surface area contributed by atoms with Crippen LogP contribution >= 0.6 is 0 Å². The minimum Gasteiger partial charge on any atom is -0.481 e. The maximum Gasteiger partial charge on any atom is 0.310 e. The van der Waals surface area contributed by atoms with Crippen molar-refractivity contribution in [2.45, 2.75) is 53.1 Å². The highest BCUT2D eigenvalue weighted by molar-refractivity contribution is 5.81. The summed E-state index contributed by atoms with van der Waals surface area (Å²) in [6.07, 6.45) is 2.34. The maximum atomic E-state index is 12.1. The van der Waals surface area contributed by atoms with Gasteiger partial charge in [-0.15, -0.1) is 6.58 Å². The van der Waals surface area contributed by atoms with Gasteiger partial charge in [0.1, 0.15) is 5.60 Å². The van der Waals surface area contributed by atoms with Crippen LogP contribution in [0.15, 0.2) is 12.7 Å². The number of aliphatic carboxylic acids is 1. The Morgan fingerprint density at radius 1 is 1.26 bits per heavy atom. The van der Waals surface area contributed by atoms with Gasteiger partial charge in [0.2, 0.25) is 0 Å². The molecule has 0 aliphatic carbocycles. The quantitative estimate of drug-likeness (QED) is 0.569. The summed E-state index contributed by atoms with van der Waals surface area (Å²) in [7, 11) is 0. The summed E-state index contributed by atoms with van der Waals surface area (Å²) in [4.78, 5) is 23.5. The highest BCUT2D eigenvalue weighted by Crippen LogP contribution is 2.27. The first-order valence-corrected chi connectivity index (χ1v) is 6.65. The molecule has 0 bridgehead atoms. The number of ether oxygens (including phenoxy) is 1. The number of allylic oxidation sites excluding steroid dienone is 1. The summed E-state index contributed by atoms with van der Waals surface area (Å²) >= 11 is 0. The molecule has 2 atom stereocenters. The molecule has 4 nitrogen and oxygen atoms in total. The highest BCUT2D eigenvalue weighted by Gasteiger charge is 2.35. The van der Waals surface area contributed by atoms with Gasteiger partial charge in [0.05, 0.1) is 11.8 Å². The Hall–Kier alpha value is -1.32. The number of esters is 1. The van der Waals surface area contributed by atoms with E-state index in [0.717, 1.165) is 0 Å². The van der Waals surface area contributed by atoms with Crippen LogP contribution < -0.4 is 0 Å². The van der Waals surface area contributed by atoms with Gasteiger partial charge in [-0.05, 0) is 39.5 Å². The predicted octanol–water partition coefficient (Wildman–Crippen LogP) is 3.27. The van der Waals surface area contributed by atoms with E-state index >= 15 is 0 Å². The van der Waals surface area contributed by atoms with E-state index in [9.17, 15) is 14.7 Å². The molecular weight excluding hydrogens is 244 g/mol. The molecule has 0 saturated carbocycles. The van der Waals surface area contributed by atoms with Crippen molar-refractivity contribution < 1.29 is 19.4 Å². The summed E-state index contributed by atoms with van der Waals surface area (Å²) in [5.74, 6) is -2.60. The van der Waals surface area contributed by atoms with Gasteiger partial charge in [-0.25, -0.2) is 0 Å². The first-order valence-electron chi connectivity index (χ1n) is 6.65. The zero-order valence-electron chi connectivity index (χ0n) is 12.6. The first-order chi connectivity index (χ1) is 8.58. The van der Waals surface area contributed by atoms with Crippen LogP contribution in [0, 0.1) is 17.8 Å². The fourth-order valence-electron chi connectivity index (χ4n) is 1.93. The van der Waals surface area contributed by atoms with E-state index in [2.05, 4.69) is 6.58 Å². The Labute approximate surface area is 115 Å². The standard InChI is InChI=1S/C15H26O4/c1-7-8-11(14(18)19-15(4,5)6)12(13(16)17)9-10(2)3/h7,10-12H,1,8-9H2,2-6H3,(H,16,17). The lowest BCUT2D eigenvalue weighted by atomic mass is 9.83. The second-order valence-corrected chi connectivity index (χ2v) is 6.24. The summed E-state index contributed by atoms with van der Waals surface area (Å²) in [6.45, 7) is 12.8. The third kappa shape index (κ3) is 6.99. The van der Waals surface area contributed by atoms with Gasteiger partial charge in [-0.3, -0.25) is 9.59 Å². The lowest BCUT2D eigenvalue weighted by Gasteiger charge is -2.27.